The Hall–Kier alpha value is -1.24. The van der Waals surface area contributed by atoms with Crippen molar-refractivity contribution in [1.82, 2.24) is 5.32 Å². The van der Waals surface area contributed by atoms with Gasteiger partial charge in [-0.25, -0.2) is 16.8 Å². The van der Waals surface area contributed by atoms with Gasteiger partial charge < -0.3 is 25.3 Å². The molecule has 2 saturated heterocycles. The summed E-state index contributed by atoms with van der Waals surface area (Å²) in [6.07, 6.45) is 6.97. The van der Waals surface area contributed by atoms with Crippen LogP contribution in [0.1, 0.15) is 81.6 Å². The van der Waals surface area contributed by atoms with E-state index in [0.29, 0.717) is 54.6 Å². The second-order valence-electron chi connectivity index (χ2n) is 9.98. The molecular weight excluding hydrogens is 544 g/mol. The molecule has 2 aliphatic rings. The van der Waals surface area contributed by atoms with E-state index in [0.717, 1.165) is 45.4 Å². The summed E-state index contributed by atoms with van der Waals surface area (Å²) in [6, 6.07) is 0. The monoisotopic (exact) mass is 604 g/mol. The lowest BCUT2D eigenvalue weighted by Crippen LogP contribution is -2.81. The SMILES string of the molecule is C.C.C.CC(=O)OCCCCCC(=O)[O-].CCC1CNCC1CS(C)(=O)=O.CCC1C[NH2+]CC1CS(C)(=O)=O. The van der Waals surface area contributed by atoms with E-state index in [2.05, 4.69) is 29.2 Å². The molecule has 238 valence electrons. The molecule has 4 atom stereocenters. The van der Waals surface area contributed by atoms with Crippen LogP contribution in [0.3, 0.4) is 0 Å². The number of esters is 1. The molecule has 0 aromatic heterocycles. The van der Waals surface area contributed by atoms with E-state index in [4.69, 9.17) is 0 Å². The van der Waals surface area contributed by atoms with Gasteiger partial charge in [-0.15, -0.1) is 0 Å². The summed E-state index contributed by atoms with van der Waals surface area (Å²) in [6.45, 7) is 9.93. The molecule has 12 heteroatoms. The van der Waals surface area contributed by atoms with E-state index in [-0.39, 0.29) is 34.7 Å². The molecule has 2 fully saturated rings. The largest absolute Gasteiger partial charge is 0.550 e. The normalized spacial score (nSPS) is 21.9. The number of nitrogens with one attached hydrogen (secondary N) is 1. The van der Waals surface area contributed by atoms with Gasteiger partial charge in [0.15, 0.2) is 0 Å². The van der Waals surface area contributed by atoms with Crippen LogP contribution in [0.25, 0.3) is 0 Å². The molecule has 0 bridgehead atoms. The number of nitrogens with two attached hydrogens (primary N) is 1. The highest BCUT2D eigenvalue weighted by molar-refractivity contribution is 7.90. The third-order valence-corrected chi connectivity index (χ3v) is 8.57. The number of aliphatic carboxylic acids is 1. The molecule has 2 heterocycles. The van der Waals surface area contributed by atoms with Gasteiger partial charge in [-0.1, -0.05) is 42.5 Å². The van der Waals surface area contributed by atoms with Crippen molar-refractivity contribution < 1.29 is 41.6 Å². The highest BCUT2D eigenvalue weighted by Crippen LogP contribution is 2.21. The summed E-state index contributed by atoms with van der Waals surface area (Å²) in [5.41, 5.74) is 0. The average Bonchev–Trinajstić information content (AvgIpc) is 3.37. The maximum Gasteiger partial charge on any atom is 0.302 e. The predicted molar refractivity (Wildman–Crippen MR) is 159 cm³/mol. The summed E-state index contributed by atoms with van der Waals surface area (Å²) in [5, 5.41) is 15.4. The van der Waals surface area contributed by atoms with Crippen molar-refractivity contribution in [1.29, 1.82) is 0 Å². The Morgan fingerprint density at radius 2 is 1.31 bits per heavy atom. The Bertz CT molecular complexity index is 778. The summed E-state index contributed by atoms with van der Waals surface area (Å²) in [4.78, 5) is 20.2. The van der Waals surface area contributed by atoms with Crippen molar-refractivity contribution in [2.24, 2.45) is 23.7 Å². The first kappa shape index (κ1) is 44.8. The Kier molecular flexibility index (Phi) is 26.9. The zero-order chi connectivity index (χ0) is 27.8. The third kappa shape index (κ3) is 25.5. The lowest BCUT2D eigenvalue weighted by Gasteiger charge is -2.14. The van der Waals surface area contributed by atoms with Crippen LogP contribution < -0.4 is 15.7 Å². The third-order valence-electron chi connectivity index (χ3n) is 6.50. The zero-order valence-corrected chi connectivity index (χ0v) is 24.3. The summed E-state index contributed by atoms with van der Waals surface area (Å²) >= 11 is 0. The van der Waals surface area contributed by atoms with Crippen LogP contribution in [0.15, 0.2) is 0 Å². The lowest BCUT2D eigenvalue weighted by molar-refractivity contribution is -0.640. The van der Waals surface area contributed by atoms with Crippen LogP contribution in [0, 0.1) is 23.7 Å². The summed E-state index contributed by atoms with van der Waals surface area (Å²) < 4.78 is 48.8. The standard InChI is InChI=1S/2C8H17NO2S.C8H14O4.3CH4/c2*1-3-7-4-9-5-8(7)6-12(2,10)11;1-7(9)12-6-4-2-3-5-8(10)11;;;/h2*7-9H,3-6H2,1-2H3;2-6H2,1H3,(H,10,11);3*1H4. The van der Waals surface area contributed by atoms with Crippen LogP contribution in [0.2, 0.25) is 0 Å². The number of quaternary nitrogens is 1. The summed E-state index contributed by atoms with van der Waals surface area (Å²) in [5.74, 6) is 1.30. The maximum absolute atomic E-state index is 11.0. The van der Waals surface area contributed by atoms with Gasteiger partial charge in [0, 0.05) is 37.2 Å². The van der Waals surface area contributed by atoms with Gasteiger partial charge in [0.05, 0.1) is 31.2 Å². The van der Waals surface area contributed by atoms with E-state index in [1.54, 1.807) is 0 Å². The van der Waals surface area contributed by atoms with Crippen molar-refractivity contribution in [3.8, 4) is 0 Å². The van der Waals surface area contributed by atoms with E-state index < -0.39 is 25.6 Å². The first-order valence-corrected chi connectivity index (χ1v) is 17.0. The van der Waals surface area contributed by atoms with Gasteiger partial charge in [0.1, 0.15) is 19.7 Å². The molecule has 4 unspecified atom stereocenters. The quantitative estimate of drug-likeness (QED) is 0.247. The second-order valence-corrected chi connectivity index (χ2v) is 14.4. The first-order valence-electron chi connectivity index (χ1n) is 12.9. The highest BCUT2D eigenvalue weighted by atomic mass is 32.2. The minimum Gasteiger partial charge on any atom is -0.550 e. The lowest BCUT2D eigenvalue weighted by atomic mass is 9.96. The van der Waals surface area contributed by atoms with Crippen LogP contribution >= 0.6 is 0 Å². The van der Waals surface area contributed by atoms with Crippen molar-refractivity contribution in [3.63, 3.8) is 0 Å². The molecule has 3 N–H and O–H groups in total. The number of carbonyl (C=O) groups excluding carboxylic acids is 2. The van der Waals surface area contributed by atoms with Crippen LogP contribution in [0.5, 0.6) is 0 Å². The fraction of sp³-hybridized carbons (Fsp3) is 0.926. The fourth-order valence-corrected chi connectivity index (χ4v) is 6.97. The second kappa shape index (κ2) is 23.5. The fourth-order valence-electron chi connectivity index (χ4n) is 4.62. The Morgan fingerprint density at radius 3 is 1.77 bits per heavy atom. The van der Waals surface area contributed by atoms with Gasteiger partial charge in [-0.3, -0.25) is 4.79 Å². The minimum absolute atomic E-state index is 0. The number of unbranched alkanes of at least 4 members (excludes halogenated alkanes) is 2. The van der Waals surface area contributed by atoms with Gasteiger partial charge in [-0.2, -0.15) is 0 Å². The van der Waals surface area contributed by atoms with Crippen molar-refractivity contribution >= 4 is 31.6 Å². The smallest absolute Gasteiger partial charge is 0.302 e. The van der Waals surface area contributed by atoms with E-state index in [1.807, 2.05) is 0 Å². The number of sulfone groups is 2. The molecule has 10 nitrogen and oxygen atoms in total. The van der Waals surface area contributed by atoms with Gasteiger partial charge in [-0.05, 0) is 57.0 Å². The van der Waals surface area contributed by atoms with Crippen molar-refractivity contribution in [2.45, 2.75) is 81.6 Å². The molecule has 0 aromatic rings. The van der Waals surface area contributed by atoms with Crippen molar-refractivity contribution in [2.75, 3.05) is 56.8 Å². The number of rotatable bonds is 12. The topological polar surface area (TPSA) is 163 Å². The van der Waals surface area contributed by atoms with Gasteiger partial charge in [0.2, 0.25) is 0 Å². The molecule has 2 aliphatic heterocycles. The molecule has 0 aliphatic carbocycles. The Morgan fingerprint density at radius 1 is 0.821 bits per heavy atom. The van der Waals surface area contributed by atoms with Gasteiger partial charge >= 0.3 is 5.97 Å². The molecular formula is C27H60N2O8S2. The van der Waals surface area contributed by atoms with E-state index in [1.165, 1.54) is 19.4 Å². The minimum atomic E-state index is -2.79. The predicted octanol–water partition coefficient (Wildman–Crippen LogP) is 1.30. The van der Waals surface area contributed by atoms with Gasteiger partial charge in [0.25, 0.3) is 0 Å². The van der Waals surface area contributed by atoms with Crippen LogP contribution in [-0.4, -0.2) is 85.6 Å². The first-order chi connectivity index (χ1) is 16.7. The number of hydrogen-bond acceptors (Lipinski definition) is 9. The molecule has 0 spiro atoms. The van der Waals surface area contributed by atoms with E-state index in [9.17, 15) is 31.5 Å². The Labute approximate surface area is 240 Å². The highest BCUT2D eigenvalue weighted by Gasteiger charge is 2.31. The maximum atomic E-state index is 11.0. The molecule has 0 aromatic carbocycles. The average molecular weight is 605 g/mol. The molecule has 2 rings (SSSR count). The number of carboxylic acid groups (broad SMARTS) is 1. The molecule has 0 saturated carbocycles. The number of hydrogen-bond donors (Lipinski definition) is 2. The van der Waals surface area contributed by atoms with Crippen LogP contribution in [-0.2, 0) is 34.0 Å². The Balaban J connectivity index is -0.000000227. The summed E-state index contributed by atoms with van der Waals surface area (Å²) in [7, 11) is -5.56. The number of carbonyl (C=O) groups is 2. The molecule has 0 amide bonds. The number of ether oxygens (including phenoxy) is 1. The van der Waals surface area contributed by atoms with E-state index >= 15 is 0 Å². The number of carboxylic acids is 1. The molecule has 39 heavy (non-hydrogen) atoms. The van der Waals surface area contributed by atoms with Crippen molar-refractivity contribution in [3.05, 3.63) is 0 Å². The zero-order valence-electron chi connectivity index (χ0n) is 22.7. The van der Waals surface area contributed by atoms with Crippen LogP contribution in [0.4, 0.5) is 0 Å². The molecule has 0 radical (unpaired) electrons.